The number of methoxy groups -OCH3 is 3. The molecule has 0 saturated heterocycles. The molecule has 0 spiro atoms. The van der Waals surface area contributed by atoms with Gasteiger partial charge in [0.2, 0.25) is 0 Å². The fourth-order valence-corrected chi connectivity index (χ4v) is 2.87. The normalized spacial score (nSPS) is 10.4. The molecule has 0 saturated carbocycles. The molecule has 144 valence electrons. The van der Waals surface area contributed by atoms with Gasteiger partial charge < -0.3 is 19.5 Å². The first-order valence-corrected chi connectivity index (χ1v) is 8.13. The predicted octanol–water partition coefficient (Wildman–Crippen LogP) is 3.69. The van der Waals surface area contributed by atoms with Gasteiger partial charge in [-0.25, -0.2) is 9.78 Å². The molecule has 28 heavy (non-hydrogen) atoms. The number of nitrogens with zero attached hydrogens (tertiary/aromatic N) is 2. The fourth-order valence-electron chi connectivity index (χ4n) is 2.87. The van der Waals surface area contributed by atoms with Gasteiger partial charge in [-0.3, -0.25) is 10.1 Å². The van der Waals surface area contributed by atoms with Gasteiger partial charge in [0.25, 0.3) is 5.69 Å². The Hall–Kier alpha value is -3.88. The van der Waals surface area contributed by atoms with Gasteiger partial charge in [0.1, 0.15) is 5.82 Å². The summed E-state index contributed by atoms with van der Waals surface area (Å²) in [5, 5.41) is 15.3. The average molecular weight is 383 g/mol. The van der Waals surface area contributed by atoms with Crippen LogP contribution in [0.1, 0.15) is 10.4 Å². The van der Waals surface area contributed by atoms with Crippen molar-refractivity contribution in [1.82, 2.24) is 4.98 Å². The molecule has 2 aromatic carbocycles. The lowest BCUT2D eigenvalue weighted by Crippen LogP contribution is -2.03. The summed E-state index contributed by atoms with van der Waals surface area (Å²) in [4.78, 5) is 27.1. The summed E-state index contributed by atoms with van der Waals surface area (Å²) in [7, 11) is 4.14. The van der Waals surface area contributed by atoms with Crippen molar-refractivity contribution in [2.45, 2.75) is 0 Å². The number of anilines is 2. The topological polar surface area (TPSA) is 113 Å². The van der Waals surface area contributed by atoms with E-state index in [0.29, 0.717) is 33.6 Å². The quantitative estimate of drug-likeness (QED) is 0.389. The first-order valence-electron chi connectivity index (χ1n) is 8.13. The van der Waals surface area contributed by atoms with Gasteiger partial charge in [-0.1, -0.05) is 6.07 Å². The van der Waals surface area contributed by atoms with Gasteiger partial charge in [-0.05, 0) is 24.3 Å². The largest absolute Gasteiger partial charge is 0.493 e. The lowest BCUT2D eigenvalue weighted by Gasteiger charge is -2.15. The molecule has 1 heterocycles. The van der Waals surface area contributed by atoms with Crippen molar-refractivity contribution in [2.24, 2.45) is 0 Å². The number of non-ortho nitro benzene ring substituents is 1. The summed E-state index contributed by atoms with van der Waals surface area (Å²) in [6, 6.07) is 9.46. The fraction of sp³-hybridized carbons (Fsp3) is 0.158. The van der Waals surface area contributed by atoms with Crippen LogP contribution < -0.4 is 14.8 Å². The number of ether oxygens (including phenoxy) is 3. The van der Waals surface area contributed by atoms with Crippen LogP contribution in [0.3, 0.4) is 0 Å². The van der Waals surface area contributed by atoms with E-state index in [2.05, 4.69) is 10.3 Å². The number of esters is 1. The highest BCUT2D eigenvalue weighted by Gasteiger charge is 2.23. The van der Waals surface area contributed by atoms with Crippen LogP contribution >= 0.6 is 0 Å². The molecule has 0 aliphatic heterocycles. The van der Waals surface area contributed by atoms with E-state index < -0.39 is 10.9 Å². The van der Waals surface area contributed by atoms with Crippen molar-refractivity contribution < 1.29 is 23.9 Å². The Morgan fingerprint density at radius 1 is 1.14 bits per heavy atom. The smallest absolute Gasteiger partial charge is 0.337 e. The molecular formula is C19H17N3O6. The predicted molar refractivity (Wildman–Crippen MR) is 103 cm³/mol. The first-order chi connectivity index (χ1) is 13.5. The van der Waals surface area contributed by atoms with E-state index in [9.17, 15) is 14.9 Å². The molecule has 0 fully saturated rings. The molecule has 0 amide bonds. The Balaban J connectivity index is 2.20. The van der Waals surface area contributed by atoms with Crippen molar-refractivity contribution in [3.8, 4) is 11.5 Å². The molecule has 9 heteroatoms. The highest BCUT2D eigenvalue weighted by molar-refractivity contribution is 6.05. The number of nitro groups is 1. The van der Waals surface area contributed by atoms with Gasteiger partial charge in [0.15, 0.2) is 11.5 Å². The third kappa shape index (κ3) is 3.37. The standard InChI is InChI=1S/C19H17N3O6/c1-26-15-10-14(22(24)25)13-7-8-20-18(16(13)17(15)27-2)21-12-6-4-5-11(9-12)19(23)28-3/h4-10H,1-3H3,(H,20,21). The Morgan fingerprint density at radius 3 is 2.57 bits per heavy atom. The van der Waals surface area contributed by atoms with Crippen molar-refractivity contribution in [2.75, 3.05) is 26.6 Å². The average Bonchev–Trinajstić information content (AvgIpc) is 2.72. The lowest BCUT2D eigenvalue weighted by atomic mass is 10.1. The zero-order chi connectivity index (χ0) is 20.3. The van der Waals surface area contributed by atoms with Crippen LogP contribution in [-0.2, 0) is 4.74 Å². The highest BCUT2D eigenvalue weighted by Crippen LogP contribution is 2.44. The van der Waals surface area contributed by atoms with Crippen LogP contribution in [-0.4, -0.2) is 37.2 Å². The van der Waals surface area contributed by atoms with Crippen LogP contribution in [0.2, 0.25) is 0 Å². The van der Waals surface area contributed by atoms with Crippen LogP contribution in [0.4, 0.5) is 17.2 Å². The van der Waals surface area contributed by atoms with E-state index in [4.69, 9.17) is 14.2 Å². The Kier molecular flexibility index (Phi) is 5.25. The molecule has 3 aromatic rings. The van der Waals surface area contributed by atoms with Crippen molar-refractivity contribution in [3.05, 3.63) is 58.3 Å². The molecule has 0 aliphatic rings. The minimum Gasteiger partial charge on any atom is -0.493 e. The Morgan fingerprint density at radius 2 is 1.93 bits per heavy atom. The van der Waals surface area contributed by atoms with Crippen LogP contribution in [0, 0.1) is 10.1 Å². The number of pyridine rings is 1. The molecular weight excluding hydrogens is 366 g/mol. The Bertz CT molecular complexity index is 1070. The summed E-state index contributed by atoms with van der Waals surface area (Å²) >= 11 is 0. The zero-order valence-electron chi connectivity index (χ0n) is 15.4. The van der Waals surface area contributed by atoms with E-state index >= 15 is 0 Å². The maximum atomic E-state index is 11.8. The van der Waals surface area contributed by atoms with E-state index in [1.807, 2.05) is 0 Å². The van der Waals surface area contributed by atoms with E-state index in [1.165, 1.54) is 39.7 Å². The number of fused-ring (bicyclic) bond motifs is 1. The van der Waals surface area contributed by atoms with Crippen LogP contribution in [0.25, 0.3) is 10.8 Å². The number of carbonyl (C=O) groups is 1. The molecule has 0 bridgehead atoms. The van der Waals surface area contributed by atoms with Crippen molar-refractivity contribution in [3.63, 3.8) is 0 Å². The SMILES string of the molecule is COC(=O)c1cccc(Nc2nccc3c([N+](=O)[O-])cc(OC)c(OC)c23)c1. The molecule has 0 aliphatic carbocycles. The van der Waals surface area contributed by atoms with E-state index in [1.54, 1.807) is 24.3 Å². The van der Waals surface area contributed by atoms with Gasteiger partial charge >= 0.3 is 5.97 Å². The monoisotopic (exact) mass is 383 g/mol. The number of nitro benzene ring substituents is 1. The van der Waals surface area contributed by atoms with Crippen LogP contribution in [0.5, 0.6) is 11.5 Å². The third-order valence-corrected chi connectivity index (χ3v) is 4.11. The van der Waals surface area contributed by atoms with E-state index in [-0.39, 0.29) is 11.4 Å². The molecule has 0 unspecified atom stereocenters. The lowest BCUT2D eigenvalue weighted by molar-refractivity contribution is -0.383. The van der Waals surface area contributed by atoms with Gasteiger partial charge in [0, 0.05) is 11.9 Å². The summed E-state index contributed by atoms with van der Waals surface area (Å²) in [6.45, 7) is 0. The maximum absolute atomic E-state index is 11.8. The van der Waals surface area contributed by atoms with E-state index in [0.717, 1.165) is 0 Å². The molecule has 1 N–H and O–H groups in total. The summed E-state index contributed by atoms with van der Waals surface area (Å²) in [5.41, 5.74) is 0.764. The van der Waals surface area contributed by atoms with Gasteiger partial charge in [0.05, 0.1) is 48.7 Å². The second kappa shape index (κ2) is 7.78. The number of hydrogen-bond acceptors (Lipinski definition) is 8. The summed E-state index contributed by atoms with van der Waals surface area (Å²) in [5.74, 6) is 0.353. The highest BCUT2D eigenvalue weighted by atomic mass is 16.6. The number of rotatable bonds is 6. The van der Waals surface area contributed by atoms with Crippen LogP contribution in [0.15, 0.2) is 42.6 Å². The number of carbonyl (C=O) groups excluding carboxylic acids is 1. The maximum Gasteiger partial charge on any atom is 0.337 e. The first kappa shape index (κ1) is 18.9. The summed E-state index contributed by atoms with van der Waals surface area (Å²) < 4.78 is 15.4. The molecule has 0 atom stereocenters. The Labute approximate surface area is 160 Å². The minimum absolute atomic E-state index is 0.138. The minimum atomic E-state index is -0.494. The van der Waals surface area contributed by atoms with Gasteiger partial charge in [-0.15, -0.1) is 0 Å². The summed E-state index contributed by atoms with van der Waals surface area (Å²) in [6.07, 6.45) is 1.45. The second-order valence-electron chi connectivity index (χ2n) is 5.67. The number of benzene rings is 2. The third-order valence-electron chi connectivity index (χ3n) is 4.11. The molecule has 1 aromatic heterocycles. The second-order valence-corrected chi connectivity index (χ2v) is 5.67. The van der Waals surface area contributed by atoms with Crippen molar-refractivity contribution >= 4 is 33.9 Å². The molecule has 3 rings (SSSR count). The number of hydrogen-bond donors (Lipinski definition) is 1. The molecule has 9 nitrogen and oxygen atoms in total. The number of aromatic nitrogens is 1. The number of nitrogens with one attached hydrogen (secondary N) is 1. The van der Waals surface area contributed by atoms with Crippen molar-refractivity contribution in [1.29, 1.82) is 0 Å². The van der Waals surface area contributed by atoms with Gasteiger partial charge in [-0.2, -0.15) is 0 Å². The zero-order valence-corrected chi connectivity index (χ0v) is 15.4. The molecule has 0 radical (unpaired) electrons.